The van der Waals surface area contributed by atoms with Crippen molar-refractivity contribution in [2.24, 2.45) is 5.73 Å². The van der Waals surface area contributed by atoms with Gasteiger partial charge in [0.05, 0.1) is 23.6 Å². The van der Waals surface area contributed by atoms with Crippen LogP contribution in [0.3, 0.4) is 0 Å². The first-order valence-corrected chi connectivity index (χ1v) is 6.76. The zero-order valence-electron chi connectivity index (χ0n) is 11.1. The normalized spacial score (nSPS) is 19.1. The van der Waals surface area contributed by atoms with E-state index in [2.05, 4.69) is 10.2 Å². The number of hydrogen-bond donors (Lipinski definition) is 1. The van der Waals surface area contributed by atoms with E-state index < -0.39 is 0 Å². The molecule has 1 aromatic heterocycles. The van der Waals surface area contributed by atoms with Crippen LogP contribution < -0.4 is 5.73 Å². The van der Waals surface area contributed by atoms with Crippen molar-refractivity contribution < 1.29 is 4.79 Å². The lowest BCUT2D eigenvalue weighted by molar-refractivity contribution is 0.0708. The molecule has 2 heterocycles. The molecule has 1 aliphatic rings. The summed E-state index contributed by atoms with van der Waals surface area (Å²) in [4.78, 5) is 15.9. The van der Waals surface area contributed by atoms with Crippen LogP contribution in [0.25, 0.3) is 5.69 Å². The number of carbonyl (C=O) groups is 1. The van der Waals surface area contributed by atoms with Crippen LogP contribution in [0.15, 0.2) is 36.7 Å². The first-order chi connectivity index (χ1) is 9.75. The number of para-hydroxylation sites is 1. The SMILES string of the molecule is N[C@@H]1CCCN(C(=O)c2ccccc2-n2nccn2)C1. The third-order valence-electron chi connectivity index (χ3n) is 3.51. The van der Waals surface area contributed by atoms with E-state index in [0.29, 0.717) is 17.8 Å². The minimum absolute atomic E-state index is 0.00644. The largest absolute Gasteiger partial charge is 0.337 e. The van der Waals surface area contributed by atoms with E-state index >= 15 is 0 Å². The lowest BCUT2D eigenvalue weighted by atomic mass is 10.0. The highest BCUT2D eigenvalue weighted by Gasteiger charge is 2.24. The predicted molar refractivity (Wildman–Crippen MR) is 74.5 cm³/mol. The van der Waals surface area contributed by atoms with Gasteiger partial charge in [-0.2, -0.15) is 15.0 Å². The van der Waals surface area contributed by atoms with Gasteiger partial charge >= 0.3 is 0 Å². The first-order valence-electron chi connectivity index (χ1n) is 6.76. The van der Waals surface area contributed by atoms with Gasteiger partial charge in [-0.1, -0.05) is 12.1 Å². The van der Waals surface area contributed by atoms with Gasteiger partial charge in [-0.15, -0.1) is 0 Å². The van der Waals surface area contributed by atoms with Gasteiger partial charge in [-0.25, -0.2) is 0 Å². The van der Waals surface area contributed by atoms with Crippen molar-refractivity contribution >= 4 is 5.91 Å². The first kappa shape index (κ1) is 12.8. The van der Waals surface area contributed by atoms with Gasteiger partial charge in [0.15, 0.2) is 0 Å². The van der Waals surface area contributed by atoms with E-state index in [9.17, 15) is 4.79 Å². The van der Waals surface area contributed by atoms with Gasteiger partial charge in [-0.3, -0.25) is 4.79 Å². The maximum atomic E-state index is 12.7. The second-order valence-electron chi connectivity index (χ2n) is 4.99. The number of hydrogen-bond acceptors (Lipinski definition) is 4. The number of rotatable bonds is 2. The molecule has 6 heteroatoms. The summed E-state index contributed by atoms with van der Waals surface area (Å²) >= 11 is 0. The molecule has 1 saturated heterocycles. The Labute approximate surface area is 117 Å². The molecule has 0 unspecified atom stereocenters. The van der Waals surface area contributed by atoms with E-state index in [4.69, 9.17) is 5.73 Å². The molecule has 3 rings (SSSR count). The standard InChI is InChI=1S/C14H17N5O/c15-11-4-3-9-18(10-11)14(20)12-5-1-2-6-13(12)19-16-7-8-17-19/h1-2,5-8,11H,3-4,9-10,15H2/t11-/m1/s1. The highest BCUT2D eigenvalue weighted by Crippen LogP contribution is 2.17. The van der Waals surface area contributed by atoms with Crippen LogP contribution in [0.2, 0.25) is 0 Å². The average Bonchev–Trinajstić information content (AvgIpc) is 3.00. The number of carbonyl (C=O) groups excluding carboxylic acids is 1. The van der Waals surface area contributed by atoms with Gasteiger partial charge in [0.1, 0.15) is 0 Å². The molecule has 0 radical (unpaired) electrons. The molecule has 6 nitrogen and oxygen atoms in total. The molecule has 2 N–H and O–H groups in total. The van der Waals surface area contributed by atoms with Gasteiger partial charge in [0, 0.05) is 19.1 Å². The van der Waals surface area contributed by atoms with Crippen LogP contribution in [0.5, 0.6) is 0 Å². The van der Waals surface area contributed by atoms with Crippen molar-refractivity contribution in [2.75, 3.05) is 13.1 Å². The molecular weight excluding hydrogens is 254 g/mol. The van der Waals surface area contributed by atoms with E-state index in [0.717, 1.165) is 19.4 Å². The molecule has 1 amide bonds. The predicted octanol–water partition coefficient (Wildman–Crippen LogP) is 0.831. The Morgan fingerprint density at radius 2 is 2.00 bits per heavy atom. The summed E-state index contributed by atoms with van der Waals surface area (Å²) in [5.41, 5.74) is 7.25. The number of aromatic nitrogens is 3. The van der Waals surface area contributed by atoms with Gasteiger partial charge < -0.3 is 10.6 Å². The molecule has 0 spiro atoms. The maximum absolute atomic E-state index is 12.7. The summed E-state index contributed by atoms with van der Waals surface area (Å²) in [5.74, 6) is -0.00644. The van der Waals surface area contributed by atoms with Crippen molar-refractivity contribution in [3.8, 4) is 5.69 Å². The van der Waals surface area contributed by atoms with E-state index in [1.165, 1.54) is 4.80 Å². The van der Waals surface area contributed by atoms with Crippen LogP contribution in [0.1, 0.15) is 23.2 Å². The zero-order valence-corrected chi connectivity index (χ0v) is 11.1. The lowest BCUT2D eigenvalue weighted by Gasteiger charge is -2.31. The van der Waals surface area contributed by atoms with Crippen LogP contribution in [-0.4, -0.2) is 44.9 Å². The number of benzene rings is 1. The smallest absolute Gasteiger partial charge is 0.256 e. The highest BCUT2D eigenvalue weighted by molar-refractivity contribution is 5.97. The molecule has 104 valence electrons. The Morgan fingerprint density at radius 1 is 1.25 bits per heavy atom. The topological polar surface area (TPSA) is 77.0 Å². The Hall–Kier alpha value is -2.21. The molecule has 0 aliphatic carbocycles. The second kappa shape index (κ2) is 5.42. The maximum Gasteiger partial charge on any atom is 0.256 e. The Morgan fingerprint density at radius 3 is 2.75 bits per heavy atom. The zero-order chi connectivity index (χ0) is 13.9. The molecule has 2 aromatic rings. The van der Waals surface area contributed by atoms with Crippen molar-refractivity contribution in [1.29, 1.82) is 0 Å². The highest BCUT2D eigenvalue weighted by atomic mass is 16.2. The third kappa shape index (κ3) is 2.42. The molecule has 1 aliphatic heterocycles. The number of piperidine rings is 1. The van der Waals surface area contributed by atoms with Gasteiger partial charge in [0.2, 0.25) is 0 Å². The quantitative estimate of drug-likeness (QED) is 0.877. The fourth-order valence-corrected chi connectivity index (χ4v) is 2.53. The Bertz CT molecular complexity index is 595. The molecular formula is C14H17N5O. The van der Waals surface area contributed by atoms with Crippen molar-refractivity contribution in [3.05, 3.63) is 42.2 Å². The fourth-order valence-electron chi connectivity index (χ4n) is 2.53. The fraction of sp³-hybridized carbons (Fsp3) is 0.357. The van der Waals surface area contributed by atoms with Crippen LogP contribution in [0, 0.1) is 0 Å². The summed E-state index contributed by atoms with van der Waals surface area (Å²) in [6.07, 6.45) is 5.12. The summed E-state index contributed by atoms with van der Waals surface area (Å²) in [6, 6.07) is 7.45. The lowest BCUT2D eigenvalue weighted by Crippen LogP contribution is -2.45. The Balaban J connectivity index is 1.92. The van der Waals surface area contributed by atoms with Gasteiger partial charge in [0.25, 0.3) is 5.91 Å². The van der Waals surface area contributed by atoms with Crippen LogP contribution >= 0.6 is 0 Å². The van der Waals surface area contributed by atoms with E-state index in [-0.39, 0.29) is 11.9 Å². The molecule has 1 atom stereocenters. The Kier molecular flexibility index (Phi) is 3.47. The molecule has 0 bridgehead atoms. The minimum Gasteiger partial charge on any atom is -0.337 e. The van der Waals surface area contributed by atoms with Crippen LogP contribution in [-0.2, 0) is 0 Å². The van der Waals surface area contributed by atoms with Gasteiger partial charge in [-0.05, 0) is 25.0 Å². The number of nitrogens with two attached hydrogens (primary N) is 1. The van der Waals surface area contributed by atoms with Crippen molar-refractivity contribution in [2.45, 2.75) is 18.9 Å². The summed E-state index contributed by atoms with van der Waals surface area (Å²) < 4.78 is 0. The second-order valence-corrected chi connectivity index (χ2v) is 4.99. The number of nitrogens with zero attached hydrogens (tertiary/aromatic N) is 4. The van der Waals surface area contributed by atoms with E-state index in [1.807, 2.05) is 23.1 Å². The summed E-state index contributed by atoms with van der Waals surface area (Å²) in [7, 11) is 0. The number of amides is 1. The van der Waals surface area contributed by atoms with Crippen molar-refractivity contribution in [1.82, 2.24) is 19.9 Å². The average molecular weight is 271 g/mol. The monoisotopic (exact) mass is 271 g/mol. The van der Waals surface area contributed by atoms with E-state index in [1.54, 1.807) is 18.5 Å². The molecule has 1 aromatic carbocycles. The van der Waals surface area contributed by atoms with Crippen molar-refractivity contribution in [3.63, 3.8) is 0 Å². The number of likely N-dealkylation sites (tertiary alicyclic amines) is 1. The third-order valence-corrected chi connectivity index (χ3v) is 3.51. The van der Waals surface area contributed by atoms with Crippen LogP contribution in [0.4, 0.5) is 0 Å². The molecule has 0 saturated carbocycles. The molecule has 20 heavy (non-hydrogen) atoms. The molecule has 1 fully saturated rings. The summed E-state index contributed by atoms with van der Waals surface area (Å²) in [5, 5.41) is 8.20. The summed E-state index contributed by atoms with van der Waals surface area (Å²) in [6.45, 7) is 1.37. The minimum atomic E-state index is -0.00644.